The zero-order valence-corrected chi connectivity index (χ0v) is 11.9. The zero-order valence-electron chi connectivity index (χ0n) is 11.1. The molecule has 2 aromatic rings. The summed E-state index contributed by atoms with van der Waals surface area (Å²) in [4.78, 5) is 18.4. The number of carbonyl (C=O) groups excluding carboxylic acids is 1. The minimum absolute atomic E-state index is 0.142. The van der Waals surface area contributed by atoms with Gasteiger partial charge in [0.2, 0.25) is 0 Å². The molecule has 0 aliphatic carbocycles. The molecule has 0 bridgehead atoms. The van der Waals surface area contributed by atoms with Crippen LogP contribution in [0.15, 0.2) is 29.2 Å². The molecule has 2 aromatic heterocycles. The van der Waals surface area contributed by atoms with Gasteiger partial charge in [-0.3, -0.25) is 4.79 Å². The first kappa shape index (κ1) is 12.4. The third-order valence-corrected chi connectivity index (χ3v) is 4.21. The first-order valence-electron chi connectivity index (χ1n) is 6.51. The van der Waals surface area contributed by atoms with Crippen LogP contribution in [0, 0.1) is 0 Å². The molecular weight excluding hydrogens is 258 g/mol. The minimum Gasteiger partial charge on any atom is -0.334 e. The lowest BCUT2D eigenvalue weighted by Gasteiger charge is -2.40. The number of rotatable bonds is 3. The van der Waals surface area contributed by atoms with Gasteiger partial charge >= 0.3 is 0 Å². The van der Waals surface area contributed by atoms with Crippen molar-refractivity contribution in [2.45, 2.75) is 25.8 Å². The lowest BCUT2D eigenvalue weighted by Crippen LogP contribution is -2.50. The van der Waals surface area contributed by atoms with Crippen LogP contribution in [0.5, 0.6) is 0 Å². The van der Waals surface area contributed by atoms with Gasteiger partial charge < -0.3 is 9.47 Å². The monoisotopic (exact) mass is 275 g/mol. The molecule has 1 saturated heterocycles. The smallest absolute Gasteiger partial charge is 0.254 e. The molecule has 1 fully saturated rings. The van der Waals surface area contributed by atoms with E-state index in [2.05, 4.69) is 23.4 Å². The number of carbonyl (C=O) groups is 1. The van der Waals surface area contributed by atoms with Crippen molar-refractivity contribution in [1.29, 1.82) is 0 Å². The van der Waals surface area contributed by atoms with Crippen molar-refractivity contribution < 1.29 is 4.79 Å². The average molecular weight is 275 g/mol. The highest BCUT2D eigenvalue weighted by Crippen LogP contribution is 2.27. The minimum atomic E-state index is 0.142. The lowest BCUT2D eigenvalue weighted by atomic mass is 10.1. The maximum absolute atomic E-state index is 12.1. The van der Waals surface area contributed by atoms with E-state index in [0.29, 0.717) is 12.0 Å². The van der Waals surface area contributed by atoms with E-state index in [1.165, 1.54) is 0 Å². The molecule has 3 rings (SSSR count). The van der Waals surface area contributed by atoms with Crippen molar-refractivity contribution in [1.82, 2.24) is 14.5 Å². The molecule has 100 valence electrons. The number of imidazole rings is 1. The van der Waals surface area contributed by atoms with Crippen LogP contribution in [-0.4, -0.2) is 33.4 Å². The Morgan fingerprint density at radius 2 is 2.26 bits per heavy atom. The quantitative estimate of drug-likeness (QED) is 0.864. The van der Waals surface area contributed by atoms with Gasteiger partial charge in [0.25, 0.3) is 5.91 Å². The van der Waals surface area contributed by atoms with Gasteiger partial charge in [-0.05, 0) is 11.4 Å². The summed E-state index contributed by atoms with van der Waals surface area (Å²) in [6.45, 7) is 5.85. The van der Waals surface area contributed by atoms with Gasteiger partial charge in [0.1, 0.15) is 5.82 Å². The van der Waals surface area contributed by atoms with Gasteiger partial charge in [0, 0.05) is 36.8 Å². The Labute approximate surface area is 116 Å². The summed E-state index contributed by atoms with van der Waals surface area (Å²) in [5, 5.41) is 3.85. The van der Waals surface area contributed by atoms with Crippen LogP contribution in [0.4, 0.5) is 0 Å². The van der Waals surface area contributed by atoms with Crippen LogP contribution < -0.4 is 0 Å². The van der Waals surface area contributed by atoms with Crippen LogP contribution >= 0.6 is 11.3 Å². The van der Waals surface area contributed by atoms with E-state index in [1.54, 1.807) is 11.3 Å². The molecule has 0 radical (unpaired) electrons. The van der Waals surface area contributed by atoms with Gasteiger partial charge in [-0.1, -0.05) is 13.8 Å². The Morgan fingerprint density at radius 1 is 1.47 bits per heavy atom. The van der Waals surface area contributed by atoms with Crippen molar-refractivity contribution >= 4 is 17.2 Å². The molecule has 0 spiro atoms. The van der Waals surface area contributed by atoms with E-state index in [9.17, 15) is 4.79 Å². The van der Waals surface area contributed by atoms with Gasteiger partial charge in [0.15, 0.2) is 0 Å². The normalized spacial score (nSPS) is 15.8. The lowest BCUT2D eigenvalue weighted by molar-refractivity contribution is 0.0516. The van der Waals surface area contributed by atoms with Gasteiger partial charge in [-0.15, -0.1) is 0 Å². The fourth-order valence-electron chi connectivity index (χ4n) is 2.45. The van der Waals surface area contributed by atoms with E-state index in [4.69, 9.17) is 0 Å². The third-order valence-electron chi connectivity index (χ3n) is 3.53. The molecule has 5 heteroatoms. The van der Waals surface area contributed by atoms with Crippen molar-refractivity contribution in [2.24, 2.45) is 0 Å². The topological polar surface area (TPSA) is 38.1 Å². The number of aromatic nitrogens is 2. The Hall–Kier alpha value is -1.62. The second-order valence-corrected chi connectivity index (χ2v) is 6.00. The van der Waals surface area contributed by atoms with Crippen molar-refractivity contribution in [3.63, 3.8) is 0 Å². The second kappa shape index (κ2) is 4.81. The predicted molar refractivity (Wildman–Crippen MR) is 75.6 cm³/mol. The van der Waals surface area contributed by atoms with E-state index >= 15 is 0 Å². The Bertz CT molecular complexity index is 567. The molecule has 0 saturated carbocycles. The summed E-state index contributed by atoms with van der Waals surface area (Å²) in [5.74, 6) is 1.66. The average Bonchev–Trinajstić information content (AvgIpc) is 2.97. The maximum atomic E-state index is 12.1. The van der Waals surface area contributed by atoms with Crippen molar-refractivity contribution in [2.75, 3.05) is 13.1 Å². The van der Waals surface area contributed by atoms with E-state index < -0.39 is 0 Å². The second-order valence-electron chi connectivity index (χ2n) is 5.22. The molecule has 1 aliphatic heterocycles. The molecule has 19 heavy (non-hydrogen) atoms. The highest BCUT2D eigenvalue weighted by molar-refractivity contribution is 7.08. The number of amides is 1. The zero-order chi connectivity index (χ0) is 13.4. The third kappa shape index (κ3) is 2.18. The van der Waals surface area contributed by atoms with Crippen molar-refractivity contribution in [3.05, 3.63) is 40.6 Å². The first-order valence-corrected chi connectivity index (χ1v) is 7.45. The fraction of sp³-hybridized carbons (Fsp3) is 0.429. The Kier molecular flexibility index (Phi) is 3.14. The highest BCUT2D eigenvalue weighted by atomic mass is 32.1. The van der Waals surface area contributed by atoms with Crippen molar-refractivity contribution in [3.8, 4) is 0 Å². The summed E-state index contributed by atoms with van der Waals surface area (Å²) in [7, 11) is 0. The Morgan fingerprint density at radius 3 is 2.89 bits per heavy atom. The van der Waals surface area contributed by atoms with Gasteiger partial charge in [-0.25, -0.2) is 4.98 Å². The molecule has 1 amide bonds. The Balaban J connectivity index is 1.67. The summed E-state index contributed by atoms with van der Waals surface area (Å²) in [6.07, 6.45) is 3.87. The molecule has 0 N–H and O–H groups in total. The summed E-state index contributed by atoms with van der Waals surface area (Å²) < 4.78 is 2.21. The SMILES string of the molecule is CC(C)c1nccn1C1CN(C(=O)c2ccsc2)C1. The molecule has 4 nitrogen and oxygen atoms in total. The molecule has 0 unspecified atom stereocenters. The predicted octanol–water partition coefficient (Wildman–Crippen LogP) is 2.77. The van der Waals surface area contributed by atoms with Crippen LogP contribution in [0.25, 0.3) is 0 Å². The number of hydrogen-bond acceptors (Lipinski definition) is 3. The highest BCUT2D eigenvalue weighted by Gasteiger charge is 2.33. The number of hydrogen-bond donors (Lipinski definition) is 0. The molecule has 3 heterocycles. The largest absolute Gasteiger partial charge is 0.334 e. The molecule has 0 aromatic carbocycles. The van der Waals surface area contributed by atoms with Crippen LogP contribution in [0.3, 0.4) is 0 Å². The summed E-state index contributed by atoms with van der Waals surface area (Å²) in [5.41, 5.74) is 0.804. The summed E-state index contributed by atoms with van der Waals surface area (Å²) >= 11 is 1.56. The fourth-order valence-corrected chi connectivity index (χ4v) is 3.08. The molecular formula is C14H17N3OS. The van der Waals surface area contributed by atoms with Gasteiger partial charge in [0.05, 0.1) is 11.6 Å². The van der Waals surface area contributed by atoms with E-state index in [1.807, 2.05) is 34.1 Å². The molecule has 1 aliphatic rings. The van der Waals surface area contributed by atoms with Crippen LogP contribution in [0.2, 0.25) is 0 Å². The number of likely N-dealkylation sites (tertiary alicyclic amines) is 1. The summed E-state index contributed by atoms with van der Waals surface area (Å²) in [6, 6.07) is 2.26. The standard InChI is InChI=1S/C14H17N3OS/c1-10(2)13-15-4-5-17(13)12-7-16(8-12)14(18)11-3-6-19-9-11/h3-6,9-10,12H,7-8H2,1-2H3. The van der Waals surface area contributed by atoms with Crippen LogP contribution in [-0.2, 0) is 0 Å². The first-order chi connectivity index (χ1) is 9.16. The molecule has 0 atom stereocenters. The van der Waals surface area contributed by atoms with Gasteiger partial charge in [-0.2, -0.15) is 11.3 Å². The number of thiophene rings is 1. The maximum Gasteiger partial charge on any atom is 0.254 e. The van der Waals surface area contributed by atoms with E-state index in [-0.39, 0.29) is 5.91 Å². The number of nitrogens with zero attached hydrogens (tertiary/aromatic N) is 3. The van der Waals surface area contributed by atoms with E-state index in [0.717, 1.165) is 24.5 Å². The van der Waals surface area contributed by atoms with Crippen LogP contribution in [0.1, 0.15) is 42.0 Å².